The van der Waals surface area contributed by atoms with Crippen LogP contribution in [-0.2, 0) is 4.74 Å². The molecule has 0 aromatic carbocycles. The van der Waals surface area contributed by atoms with Crippen LogP contribution in [0.15, 0.2) is 15.7 Å². The van der Waals surface area contributed by atoms with E-state index in [4.69, 9.17) is 4.74 Å². The molecule has 0 spiro atoms. The number of thiophene rings is 1. The van der Waals surface area contributed by atoms with Gasteiger partial charge in [0.2, 0.25) is 0 Å². The highest BCUT2D eigenvalue weighted by molar-refractivity contribution is 8.00. The van der Waals surface area contributed by atoms with Crippen LogP contribution in [0.1, 0.15) is 41.0 Å². The van der Waals surface area contributed by atoms with Gasteiger partial charge in [0, 0.05) is 16.6 Å². The summed E-state index contributed by atoms with van der Waals surface area (Å²) in [4.78, 5) is 29.1. The molecular weight excluding hydrogens is 390 g/mol. The zero-order chi connectivity index (χ0) is 18.5. The number of carbonyl (C=O) groups excluding carboxylic acids is 2. The summed E-state index contributed by atoms with van der Waals surface area (Å²) in [7, 11) is 0. The van der Waals surface area contributed by atoms with Crippen molar-refractivity contribution in [2.24, 2.45) is 5.92 Å². The lowest BCUT2D eigenvalue weighted by Gasteiger charge is -2.11. The highest BCUT2D eigenvalue weighted by Crippen LogP contribution is 2.39. The van der Waals surface area contributed by atoms with Crippen LogP contribution >= 0.6 is 34.4 Å². The molecule has 6 nitrogen and oxygen atoms in total. The predicted molar refractivity (Wildman–Crippen MR) is 106 cm³/mol. The van der Waals surface area contributed by atoms with Gasteiger partial charge in [-0.25, -0.2) is 15.2 Å². The Morgan fingerprint density at radius 3 is 2.77 bits per heavy atom. The lowest BCUT2D eigenvalue weighted by molar-refractivity contribution is 0.0900. The van der Waals surface area contributed by atoms with Gasteiger partial charge in [0.05, 0.1) is 15.7 Å². The van der Waals surface area contributed by atoms with E-state index in [1.165, 1.54) is 24.2 Å². The third-order valence-corrected chi connectivity index (χ3v) is 7.42. The van der Waals surface area contributed by atoms with Gasteiger partial charge in [-0.05, 0) is 38.0 Å². The normalized spacial score (nSPS) is 14.4. The topological polar surface area (TPSA) is 80.3 Å². The molecule has 2 aromatic heterocycles. The van der Waals surface area contributed by atoms with Gasteiger partial charge in [0.25, 0.3) is 5.91 Å². The van der Waals surface area contributed by atoms with E-state index in [-0.39, 0.29) is 5.91 Å². The summed E-state index contributed by atoms with van der Waals surface area (Å²) in [5.41, 5.74) is 6.65. The number of thioether (sulfide) groups is 1. The molecule has 0 radical (unpaired) electrons. The predicted octanol–water partition coefficient (Wildman–Crippen LogP) is 4.46. The first-order valence-electron chi connectivity index (χ1n) is 8.40. The summed E-state index contributed by atoms with van der Waals surface area (Å²) < 4.78 is 6.18. The fraction of sp³-hybridized carbons (Fsp3) is 0.471. The van der Waals surface area contributed by atoms with Crippen molar-refractivity contribution in [3.05, 3.63) is 22.0 Å². The minimum atomic E-state index is -0.623. The maximum absolute atomic E-state index is 12.3. The number of hydrogen-bond acceptors (Lipinski definition) is 7. The minimum absolute atomic E-state index is 0.359. The number of rotatable bonds is 5. The molecule has 0 saturated heterocycles. The number of aromatic nitrogens is 1. The molecule has 1 aliphatic rings. The second-order valence-corrected chi connectivity index (χ2v) is 9.12. The summed E-state index contributed by atoms with van der Waals surface area (Å²) >= 11 is 4.51. The standard InChI is InChI=1S/C17H21N3O3S3/c1-10-9-25-15(18-10)12-7-13(26-16(12)24-2)14(21)19-20-17(22)23-8-11-5-3-4-6-11/h7,9,11H,3-6,8H2,1-2H3,(H,19,21)(H,20,22). The van der Waals surface area contributed by atoms with E-state index < -0.39 is 6.09 Å². The molecule has 0 aliphatic heterocycles. The highest BCUT2D eigenvalue weighted by atomic mass is 32.2. The number of thiazole rings is 1. The number of nitrogens with zero attached hydrogens (tertiary/aromatic N) is 1. The molecule has 0 unspecified atom stereocenters. The fourth-order valence-corrected chi connectivity index (χ4v) is 5.55. The molecule has 1 saturated carbocycles. The number of nitrogens with one attached hydrogen (secondary N) is 2. The van der Waals surface area contributed by atoms with Crippen LogP contribution in [0.4, 0.5) is 4.79 Å². The lowest BCUT2D eigenvalue weighted by Crippen LogP contribution is -2.42. The average Bonchev–Trinajstić information content (AvgIpc) is 3.37. The first-order valence-corrected chi connectivity index (χ1v) is 11.3. The number of hydrazine groups is 1. The van der Waals surface area contributed by atoms with E-state index in [2.05, 4.69) is 15.8 Å². The molecule has 140 valence electrons. The van der Waals surface area contributed by atoms with Crippen molar-refractivity contribution in [1.82, 2.24) is 15.8 Å². The first kappa shape index (κ1) is 19.2. The first-order chi connectivity index (χ1) is 12.6. The Labute approximate surface area is 164 Å². The number of hydrogen-bond donors (Lipinski definition) is 2. The van der Waals surface area contributed by atoms with E-state index >= 15 is 0 Å². The van der Waals surface area contributed by atoms with Crippen molar-refractivity contribution in [2.75, 3.05) is 12.9 Å². The molecule has 1 fully saturated rings. The van der Waals surface area contributed by atoms with E-state index in [1.54, 1.807) is 23.1 Å². The summed E-state index contributed by atoms with van der Waals surface area (Å²) in [6.07, 6.45) is 5.95. The molecule has 2 amide bonds. The van der Waals surface area contributed by atoms with Gasteiger partial charge in [-0.1, -0.05) is 12.8 Å². The largest absolute Gasteiger partial charge is 0.448 e. The second-order valence-electron chi connectivity index (χ2n) is 6.14. The van der Waals surface area contributed by atoms with Crippen LogP contribution in [0, 0.1) is 12.8 Å². The summed E-state index contributed by atoms with van der Waals surface area (Å²) in [5.74, 6) is 0.0878. The van der Waals surface area contributed by atoms with Crippen LogP contribution in [0.5, 0.6) is 0 Å². The van der Waals surface area contributed by atoms with Gasteiger partial charge in [-0.3, -0.25) is 10.2 Å². The minimum Gasteiger partial charge on any atom is -0.448 e. The van der Waals surface area contributed by atoms with Crippen LogP contribution in [0.3, 0.4) is 0 Å². The van der Waals surface area contributed by atoms with Crippen LogP contribution in [0.25, 0.3) is 10.6 Å². The molecule has 26 heavy (non-hydrogen) atoms. The van der Waals surface area contributed by atoms with E-state index in [9.17, 15) is 9.59 Å². The van der Waals surface area contributed by atoms with Gasteiger partial charge in [-0.15, -0.1) is 34.4 Å². The Balaban J connectivity index is 1.55. The number of aryl methyl sites for hydroxylation is 1. The smallest absolute Gasteiger partial charge is 0.426 e. The molecule has 9 heteroatoms. The summed E-state index contributed by atoms with van der Waals surface area (Å²) in [6.45, 7) is 2.35. The van der Waals surface area contributed by atoms with Crippen molar-refractivity contribution < 1.29 is 14.3 Å². The second kappa shape index (κ2) is 8.88. The third kappa shape index (κ3) is 4.77. The maximum Gasteiger partial charge on any atom is 0.426 e. The monoisotopic (exact) mass is 411 g/mol. The van der Waals surface area contributed by atoms with Crippen molar-refractivity contribution >= 4 is 46.4 Å². The van der Waals surface area contributed by atoms with Crippen molar-refractivity contribution in [2.45, 2.75) is 36.8 Å². The van der Waals surface area contributed by atoms with E-state index in [0.717, 1.165) is 33.3 Å². The molecule has 1 aliphatic carbocycles. The molecule has 0 bridgehead atoms. The van der Waals surface area contributed by atoms with Crippen molar-refractivity contribution in [3.63, 3.8) is 0 Å². The number of carbonyl (C=O) groups is 2. The zero-order valence-electron chi connectivity index (χ0n) is 14.7. The van der Waals surface area contributed by atoms with Gasteiger partial charge >= 0.3 is 6.09 Å². The average molecular weight is 412 g/mol. The Morgan fingerprint density at radius 2 is 2.12 bits per heavy atom. The third-order valence-electron chi connectivity index (χ3n) is 4.16. The Morgan fingerprint density at radius 1 is 1.35 bits per heavy atom. The van der Waals surface area contributed by atoms with E-state index in [1.807, 2.05) is 24.6 Å². The van der Waals surface area contributed by atoms with Crippen LogP contribution < -0.4 is 10.9 Å². The SMILES string of the molecule is CSc1sc(C(=O)NNC(=O)OCC2CCCC2)cc1-c1nc(C)cs1. The maximum atomic E-state index is 12.3. The van der Waals surface area contributed by atoms with Crippen LogP contribution in [-0.4, -0.2) is 29.8 Å². The molecular formula is C17H21N3O3S3. The lowest BCUT2D eigenvalue weighted by atomic mass is 10.1. The quantitative estimate of drug-likeness (QED) is 0.561. The van der Waals surface area contributed by atoms with Gasteiger partial charge < -0.3 is 4.74 Å². The zero-order valence-corrected chi connectivity index (χ0v) is 17.1. The molecule has 3 rings (SSSR count). The van der Waals surface area contributed by atoms with Gasteiger partial charge in [0.1, 0.15) is 5.01 Å². The molecule has 2 aromatic rings. The highest BCUT2D eigenvalue weighted by Gasteiger charge is 2.19. The van der Waals surface area contributed by atoms with Crippen molar-refractivity contribution in [3.8, 4) is 10.6 Å². The molecule has 2 heterocycles. The number of amides is 2. The molecule has 2 N–H and O–H groups in total. The van der Waals surface area contributed by atoms with Crippen LogP contribution in [0.2, 0.25) is 0 Å². The Bertz CT molecular complexity index is 781. The van der Waals surface area contributed by atoms with Crippen molar-refractivity contribution in [1.29, 1.82) is 0 Å². The Kier molecular flexibility index (Phi) is 6.55. The summed E-state index contributed by atoms with van der Waals surface area (Å²) in [6, 6.07) is 1.82. The fourth-order valence-electron chi connectivity index (χ4n) is 2.84. The van der Waals surface area contributed by atoms with E-state index in [0.29, 0.717) is 17.4 Å². The van der Waals surface area contributed by atoms with Gasteiger partial charge in [0.15, 0.2) is 0 Å². The summed E-state index contributed by atoms with van der Waals surface area (Å²) in [5, 5.41) is 2.88. The van der Waals surface area contributed by atoms with Gasteiger partial charge in [-0.2, -0.15) is 0 Å². The number of ether oxygens (including phenoxy) is 1. The molecule has 0 atom stereocenters. The Hall–Kier alpha value is -1.58.